The van der Waals surface area contributed by atoms with Gasteiger partial charge >= 0.3 is 0 Å². The van der Waals surface area contributed by atoms with Gasteiger partial charge in [0.1, 0.15) is 17.6 Å². The molecule has 3 aromatic carbocycles. The fraction of sp³-hybridized carbons (Fsp3) is 0.231. The predicted octanol–water partition coefficient (Wildman–Crippen LogP) is 4.63. The Labute approximate surface area is 198 Å². The van der Waals surface area contributed by atoms with Crippen LogP contribution in [0.3, 0.4) is 0 Å². The van der Waals surface area contributed by atoms with Crippen LogP contribution in [0.15, 0.2) is 78.9 Å². The van der Waals surface area contributed by atoms with Crippen LogP contribution in [0.25, 0.3) is 0 Å². The zero-order valence-corrected chi connectivity index (χ0v) is 19.1. The summed E-state index contributed by atoms with van der Waals surface area (Å²) in [7, 11) is 0. The van der Waals surface area contributed by atoms with Gasteiger partial charge in [0.2, 0.25) is 5.91 Å². The largest absolute Gasteiger partial charge is 0.484 e. The van der Waals surface area contributed by atoms with Gasteiger partial charge in [-0.2, -0.15) is 0 Å². The van der Waals surface area contributed by atoms with Gasteiger partial charge in [-0.25, -0.2) is 4.39 Å². The molecule has 1 atom stereocenters. The number of hydrogen-bond donors (Lipinski definition) is 1. The SMILES string of the molecule is CCNC(=O)[C@@H](Cc1ccccc1)N(Cc1ccccc1F)C(=O)COc1cccc(Cl)c1. The summed E-state index contributed by atoms with van der Waals surface area (Å²) in [6.07, 6.45) is 0.282. The van der Waals surface area contributed by atoms with Gasteiger partial charge in [0.15, 0.2) is 6.61 Å². The highest BCUT2D eigenvalue weighted by atomic mass is 35.5. The maximum absolute atomic E-state index is 14.5. The van der Waals surface area contributed by atoms with Crippen molar-refractivity contribution >= 4 is 23.4 Å². The zero-order valence-electron chi connectivity index (χ0n) is 18.3. The number of amides is 2. The smallest absolute Gasteiger partial charge is 0.261 e. The summed E-state index contributed by atoms with van der Waals surface area (Å²) >= 11 is 5.99. The minimum atomic E-state index is -0.845. The maximum Gasteiger partial charge on any atom is 0.261 e. The molecule has 0 saturated heterocycles. The standard InChI is InChI=1S/C26H26ClFN2O3/c1-2-29-26(32)24(15-19-9-4-3-5-10-19)30(17-20-11-6-7-14-23(20)28)25(31)18-33-22-13-8-12-21(27)16-22/h3-14,16,24H,2,15,17-18H2,1H3,(H,29,32)/t24-/m1/s1. The minimum Gasteiger partial charge on any atom is -0.484 e. The third kappa shape index (κ3) is 7.05. The van der Waals surface area contributed by atoms with Gasteiger partial charge in [0.05, 0.1) is 0 Å². The van der Waals surface area contributed by atoms with E-state index in [1.165, 1.54) is 11.0 Å². The Hall–Kier alpha value is -3.38. The lowest BCUT2D eigenvalue weighted by molar-refractivity contribution is -0.142. The van der Waals surface area contributed by atoms with E-state index >= 15 is 0 Å². The summed E-state index contributed by atoms with van der Waals surface area (Å²) in [5.74, 6) is -0.765. The topological polar surface area (TPSA) is 58.6 Å². The van der Waals surface area contributed by atoms with Gasteiger partial charge in [0.25, 0.3) is 5.91 Å². The van der Waals surface area contributed by atoms with Crippen molar-refractivity contribution in [2.75, 3.05) is 13.2 Å². The van der Waals surface area contributed by atoms with E-state index in [1.807, 2.05) is 37.3 Å². The third-order valence-corrected chi connectivity index (χ3v) is 5.31. The van der Waals surface area contributed by atoms with E-state index in [4.69, 9.17) is 16.3 Å². The maximum atomic E-state index is 14.5. The lowest BCUT2D eigenvalue weighted by Crippen LogP contribution is -2.51. The fourth-order valence-electron chi connectivity index (χ4n) is 3.44. The highest BCUT2D eigenvalue weighted by Gasteiger charge is 2.31. The predicted molar refractivity (Wildman–Crippen MR) is 127 cm³/mol. The van der Waals surface area contributed by atoms with Crippen molar-refractivity contribution < 1.29 is 18.7 Å². The van der Waals surface area contributed by atoms with Crippen LogP contribution in [0.2, 0.25) is 5.02 Å². The average molecular weight is 469 g/mol. The summed E-state index contributed by atoms with van der Waals surface area (Å²) < 4.78 is 20.1. The van der Waals surface area contributed by atoms with Crippen molar-refractivity contribution in [3.05, 3.63) is 101 Å². The molecule has 0 fully saturated rings. The molecule has 5 nitrogen and oxygen atoms in total. The number of carbonyl (C=O) groups excluding carboxylic acids is 2. The molecule has 33 heavy (non-hydrogen) atoms. The van der Waals surface area contributed by atoms with Crippen LogP contribution in [0.5, 0.6) is 5.75 Å². The minimum absolute atomic E-state index is 0.0704. The number of nitrogens with zero attached hydrogens (tertiary/aromatic N) is 1. The Kier molecular flexibility index (Phi) is 8.84. The van der Waals surface area contributed by atoms with E-state index in [1.54, 1.807) is 42.5 Å². The molecule has 1 N–H and O–H groups in total. The Bertz CT molecular complexity index is 1080. The van der Waals surface area contributed by atoms with Crippen molar-refractivity contribution in [3.63, 3.8) is 0 Å². The summed E-state index contributed by atoms with van der Waals surface area (Å²) in [5.41, 5.74) is 1.20. The molecule has 0 spiro atoms. The van der Waals surface area contributed by atoms with Crippen LogP contribution in [0.4, 0.5) is 4.39 Å². The van der Waals surface area contributed by atoms with Crippen molar-refractivity contribution in [2.24, 2.45) is 0 Å². The molecule has 172 valence electrons. The second-order valence-electron chi connectivity index (χ2n) is 7.46. The summed E-state index contributed by atoms with van der Waals surface area (Å²) in [5, 5.41) is 3.28. The Morgan fingerprint density at radius 1 is 1.03 bits per heavy atom. The first-order valence-electron chi connectivity index (χ1n) is 10.7. The number of hydrogen-bond acceptors (Lipinski definition) is 3. The molecule has 0 aliphatic heterocycles. The molecule has 2 amide bonds. The number of likely N-dealkylation sites (N-methyl/N-ethyl adjacent to an activating group) is 1. The lowest BCUT2D eigenvalue weighted by atomic mass is 10.0. The van der Waals surface area contributed by atoms with Gasteiger partial charge in [-0.05, 0) is 36.8 Å². The van der Waals surface area contributed by atoms with Gasteiger partial charge in [-0.1, -0.05) is 66.2 Å². The molecular formula is C26H26ClFN2O3. The van der Waals surface area contributed by atoms with E-state index in [0.717, 1.165) is 5.56 Å². The summed E-state index contributed by atoms with van der Waals surface area (Å²) in [6.45, 7) is 1.83. The van der Waals surface area contributed by atoms with Gasteiger partial charge in [-0.15, -0.1) is 0 Å². The summed E-state index contributed by atoms with van der Waals surface area (Å²) in [4.78, 5) is 27.7. The van der Waals surface area contributed by atoms with Crippen molar-refractivity contribution in [3.8, 4) is 5.75 Å². The Morgan fingerprint density at radius 3 is 2.45 bits per heavy atom. The van der Waals surface area contributed by atoms with E-state index in [2.05, 4.69) is 5.32 Å². The van der Waals surface area contributed by atoms with Gasteiger partial charge < -0.3 is 15.0 Å². The quantitative estimate of drug-likeness (QED) is 0.472. The molecule has 0 bridgehead atoms. The Balaban J connectivity index is 1.90. The number of halogens is 2. The van der Waals surface area contributed by atoms with E-state index < -0.39 is 17.8 Å². The number of ether oxygens (including phenoxy) is 1. The molecule has 0 aliphatic carbocycles. The molecule has 3 rings (SSSR count). The highest BCUT2D eigenvalue weighted by Crippen LogP contribution is 2.19. The lowest BCUT2D eigenvalue weighted by Gasteiger charge is -2.31. The molecule has 0 radical (unpaired) electrons. The highest BCUT2D eigenvalue weighted by molar-refractivity contribution is 6.30. The third-order valence-electron chi connectivity index (χ3n) is 5.08. The molecule has 0 unspecified atom stereocenters. The molecule has 0 aliphatic rings. The van der Waals surface area contributed by atoms with Crippen molar-refractivity contribution in [1.82, 2.24) is 10.2 Å². The molecule has 0 aromatic heterocycles. The number of nitrogens with one attached hydrogen (secondary N) is 1. The number of carbonyl (C=O) groups is 2. The molecule has 0 heterocycles. The second kappa shape index (κ2) is 12.0. The first-order valence-corrected chi connectivity index (χ1v) is 11.1. The number of rotatable bonds is 10. The van der Waals surface area contributed by atoms with Crippen molar-refractivity contribution in [2.45, 2.75) is 25.9 Å². The van der Waals surface area contributed by atoms with Gasteiger partial charge in [-0.3, -0.25) is 9.59 Å². The molecular weight excluding hydrogens is 443 g/mol. The normalized spacial score (nSPS) is 11.5. The first-order chi connectivity index (χ1) is 16.0. The monoisotopic (exact) mass is 468 g/mol. The molecule has 7 heteroatoms. The number of benzene rings is 3. The van der Waals surface area contributed by atoms with Crippen LogP contribution < -0.4 is 10.1 Å². The van der Waals surface area contributed by atoms with Crippen molar-refractivity contribution in [1.29, 1.82) is 0 Å². The fourth-order valence-corrected chi connectivity index (χ4v) is 3.62. The average Bonchev–Trinajstić information content (AvgIpc) is 2.82. The van der Waals surface area contributed by atoms with Crippen LogP contribution >= 0.6 is 11.6 Å². The zero-order chi connectivity index (χ0) is 23.6. The van der Waals surface area contributed by atoms with Gasteiger partial charge in [0, 0.05) is 30.1 Å². The van der Waals surface area contributed by atoms with Crippen LogP contribution in [-0.4, -0.2) is 35.9 Å². The molecule has 0 saturated carbocycles. The summed E-state index contributed by atoms with van der Waals surface area (Å²) in [6, 6.07) is 21.5. The molecule has 3 aromatic rings. The first kappa shape index (κ1) is 24.3. The van der Waals surface area contributed by atoms with Crippen LogP contribution in [-0.2, 0) is 22.6 Å². The van der Waals surface area contributed by atoms with Crippen LogP contribution in [0, 0.1) is 5.82 Å². The Morgan fingerprint density at radius 2 is 1.76 bits per heavy atom. The van der Waals surface area contributed by atoms with Crippen LogP contribution in [0.1, 0.15) is 18.1 Å². The second-order valence-corrected chi connectivity index (χ2v) is 7.90. The van der Waals surface area contributed by atoms with E-state index in [0.29, 0.717) is 22.9 Å². The van der Waals surface area contributed by atoms with E-state index in [-0.39, 0.29) is 25.5 Å². The van der Waals surface area contributed by atoms with E-state index in [9.17, 15) is 14.0 Å².